The van der Waals surface area contributed by atoms with Crippen LogP contribution >= 0.6 is 0 Å². The van der Waals surface area contributed by atoms with E-state index >= 15 is 0 Å². The minimum absolute atomic E-state index is 0.540. The lowest BCUT2D eigenvalue weighted by atomic mass is 9.99. The Morgan fingerprint density at radius 2 is 0.882 bits per heavy atom. The zero-order valence-corrected chi connectivity index (χ0v) is 27.8. The van der Waals surface area contributed by atoms with Gasteiger partial charge in [0.05, 0.1) is 11.0 Å². The van der Waals surface area contributed by atoms with Crippen LogP contribution in [0.25, 0.3) is 95.1 Å². The van der Waals surface area contributed by atoms with Crippen molar-refractivity contribution >= 4 is 44.3 Å². The summed E-state index contributed by atoms with van der Waals surface area (Å²) in [6.45, 7) is 4.31. The maximum absolute atomic E-state index is 5.92. The molecular formula is C44H29N5O2. The van der Waals surface area contributed by atoms with Crippen LogP contribution in [-0.4, -0.2) is 24.5 Å². The molecule has 10 aromatic rings. The van der Waals surface area contributed by atoms with Crippen molar-refractivity contribution < 1.29 is 8.83 Å². The van der Waals surface area contributed by atoms with Gasteiger partial charge in [-0.05, 0) is 132 Å². The molecule has 10 rings (SSSR count). The second-order valence-electron chi connectivity index (χ2n) is 13.0. The molecule has 51 heavy (non-hydrogen) atoms. The summed E-state index contributed by atoms with van der Waals surface area (Å²) in [6, 6.07) is 44.5. The van der Waals surface area contributed by atoms with Gasteiger partial charge in [0.15, 0.2) is 0 Å². The van der Waals surface area contributed by atoms with Crippen LogP contribution < -0.4 is 0 Å². The van der Waals surface area contributed by atoms with E-state index in [1.807, 2.05) is 24.3 Å². The maximum atomic E-state index is 5.92. The van der Waals surface area contributed by atoms with Crippen LogP contribution in [0.2, 0.25) is 0 Å². The predicted molar refractivity (Wildman–Crippen MR) is 203 cm³/mol. The van der Waals surface area contributed by atoms with Gasteiger partial charge in [-0.2, -0.15) is 0 Å². The molecule has 0 N–H and O–H groups in total. The molecule has 7 heteroatoms. The molecule has 5 aromatic carbocycles. The first kappa shape index (κ1) is 29.1. The molecule has 0 aliphatic carbocycles. The summed E-state index contributed by atoms with van der Waals surface area (Å²) >= 11 is 0. The van der Waals surface area contributed by atoms with E-state index in [1.165, 1.54) is 21.9 Å². The topological polar surface area (TPSA) is 82.8 Å². The number of oxazole rings is 2. The Morgan fingerprint density at radius 1 is 0.451 bits per heavy atom. The molecule has 0 atom stereocenters. The molecule has 0 aliphatic heterocycles. The van der Waals surface area contributed by atoms with Gasteiger partial charge in [-0.3, -0.25) is 0 Å². The van der Waals surface area contributed by atoms with E-state index in [-0.39, 0.29) is 0 Å². The fraction of sp³-hybridized carbons (Fsp3) is 0.0455. The zero-order valence-electron chi connectivity index (χ0n) is 27.8. The first-order valence-corrected chi connectivity index (χ1v) is 16.9. The van der Waals surface area contributed by atoms with E-state index in [2.05, 4.69) is 141 Å². The number of pyridine rings is 2. The summed E-state index contributed by atoms with van der Waals surface area (Å²) in [7, 11) is 0. The van der Waals surface area contributed by atoms with Gasteiger partial charge < -0.3 is 13.4 Å². The van der Waals surface area contributed by atoms with E-state index in [0.717, 1.165) is 61.1 Å². The lowest BCUT2D eigenvalue weighted by Gasteiger charge is -2.11. The summed E-state index contributed by atoms with van der Waals surface area (Å²) in [5.74, 6) is 1.13. The number of fused-ring (bicyclic) bond motifs is 5. The van der Waals surface area contributed by atoms with Crippen molar-refractivity contribution in [2.24, 2.45) is 0 Å². The highest BCUT2D eigenvalue weighted by Gasteiger charge is 2.16. The summed E-state index contributed by atoms with van der Waals surface area (Å²) < 4.78 is 14.2. The lowest BCUT2D eigenvalue weighted by molar-refractivity contribution is 0.607. The Hall–Kier alpha value is -6.86. The highest BCUT2D eigenvalue weighted by Crippen LogP contribution is 2.38. The molecular weight excluding hydrogens is 631 g/mol. The van der Waals surface area contributed by atoms with Gasteiger partial charge in [0.2, 0.25) is 23.2 Å². The molecule has 0 saturated carbocycles. The van der Waals surface area contributed by atoms with Crippen LogP contribution in [0.3, 0.4) is 0 Å². The Morgan fingerprint density at radius 3 is 1.33 bits per heavy atom. The van der Waals surface area contributed by atoms with Gasteiger partial charge in [-0.25, -0.2) is 19.9 Å². The van der Waals surface area contributed by atoms with Gasteiger partial charge in [0.1, 0.15) is 11.0 Å². The second kappa shape index (κ2) is 11.4. The van der Waals surface area contributed by atoms with Crippen molar-refractivity contribution in [3.05, 3.63) is 151 Å². The quantitative estimate of drug-likeness (QED) is 0.183. The maximum Gasteiger partial charge on any atom is 0.247 e. The first-order valence-electron chi connectivity index (χ1n) is 16.9. The molecule has 0 radical (unpaired) electrons. The normalized spacial score (nSPS) is 11.7. The number of aryl methyl sites for hydroxylation is 2. The fourth-order valence-corrected chi connectivity index (χ4v) is 7.14. The lowest BCUT2D eigenvalue weighted by Crippen LogP contribution is -1.95. The van der Waals surface area contributed by atoms with E-state index in [9.17, 15) is 0 Å². The van der Waals surface area contributed by atoms with Crippen molar-refractivity contribution in [1.82, 2.24) is 24.5 Å². The van der Waals surface area contributed by atoms with Crippen LogP contribution in [0.1, 0.15) is 11.1 Å². The third-order valence-corrected chi connectivity index (χ3v) is 9.49. The number of benzene rings is 5. The van der Waals surface area contributed by atoms with Crippen LogP contribution in [0.4, 0.5) is 0 Å². The monoisotopic (exact) mass is 659 g/mol. The average molecular weight is 660 g/mol. The Balaban J connectivity index is 1.08. The Labute approximate surface area is 292 Å². The van der Waals surface area contributed by atoms with Crippen molar-refractivity contribution in [2.45, 2.75) is 13.8 Å². The van der Waals surface area contributed by atoms with Crippen molar-refractivity contribution in [3.8, 4) is 50.8 Å². The molecule has 242 valence electrons. The molecule has 0 spiro atoms. The minimum Gasteiger partial charge on any atom is -0.418 e. The summed E-state index contributed by atoms with van der Waals surface area (Å²) in [5.41, 5.74) is 14.8. The SMILES string of the molecule is Cc1cc(C)cc(-n2c3ccc(-c4ccc(-c5nc6cccnc6o5)cc4)cc3c3cc(-c4ccc(-c5nc6cccnc6o5)cc4)ccc32)c1. The third-order valence-electron chi connectivity index (χ3n) is 9.49. The van der Waals surface area contributed by atoms with Crippen LogP contribution in [0, 0.1) is 13.8 Å². The highest BCUT2D eigenvalue weighted by atomic mass is 16.4. The first-order chi connectivity index (χ1) is 25.0. The Bertz CT molecular complexity index is 2670. The minimum atomic E-state index is 0.540. The number of hydrogen-bond acceptors (Lipinski definition) is 6. The molecule has 0 saturated heterocycles. The van der Waals surface area contributed by atoms with E-state index in [0.29, 0.717) is 23.2 Å². The standard InChI is InChI=1S/C44H29N5O2/c1-26-21-27(2)23-34(22-26)49-39-17-15-32(28-7-11-30(12-8-28)41-47-37-5-3-19-45-43(37)50-41)24-35(39)36-25-33(16-18-40(36)49)29-9-13-31(14-10-29)42-48-38-6-4-20-46-44(38)51-42/h3-25H,1-2H3. The molecule has 0 bridgehead atoms. The molecule has 0 fully saturated rings. The van der Waals surface area contributed by atoms with E-state index in [4.69, 9.17) is 8.83 Å². The van der Waals surface area contributed by atoms with E-state index in [1.54, 1.807) is 12.4 Å². The van der Waals surface area contributed by atoms with Crippen molar-refractivity contribution in [1.29, 1.82) is 0 Å². The molecule has 5 aromatic heterocycles. The molecule has 7 nitrogen and oxygen atoms in total. The van der Waals surface area contributed by atoms with Crippen molar-refractivity contribution in [3.63, 3.8) is 0 Å². The Kier molecular flexibility index (Phi) is 6.48. The van der Waals surface area contributed by atoms with Crippen LogP contribution in [0.5, 0.6) is 0 Å². The molecule has 0 aliphatic rings. The molecule has 0 amide bonds. The fourth-order valence-electron chi connectivity index (χ4n) is 7.14. The summed E-state index contributed by atoms with van der Waals surface area (Å²) in [6.07, 6.45) is 3.43. The van der Waals surface area contributed by atoms with Gasteiger partial charge in [-0.15, -0.1) is 0 Å². The molecule has 0 unspecified atom stereocenters. The largest absolute Gasteiger partial charge is 0.418 e. The predicted octanol–water partition coefficient (Wildman–Crippen LogP) is 11.1. The second-order valence-corrected chi connectivity index (χ2v) is 13.0. The van der Waals surface area contributed by atoms with Gasteiger partial charge in [0, 0.05) is 40.0 Å². The van der Waals surface area contributed by atoms with Gasteiger partial charge in [-0.1, -0.05) is 42.5 Å². The number of rotatable bonds is 5. The smallest absolute Gasteiger partial charge is 0.247 e. The van der Waals surface area contributed by atoms with E-state index < -0.39 is 0 Å². The summed E-state index contributed by atoms with van der Waals surface area (Å²) in [4.78, 5) is 17.8. The van der Waals surface area contributed by atoms with Crippen LogP contribution in [0.15, 0.2) is 149 Å². The number of aromatic nitrogens is 5. The third kappa shape index (κ3) is 4.98. The molecule has 5 heterocycles. The summed E-state index contributed by atoms with van der Waals surface area (Å²) in [5, 5.41) is 2.38. The van der Waals surface area contributed by atoms with Gasteiger partial charge in [0.25, 0.3) is 0 Å². The van der Waals surface area contributed by atoms with Gasteiger partial charge >= 0.3 is 0 Å². The number of hydrogen-bond donors (Lipinski definition) is 0. The number of nitrogens with zero attached hydrogens (tertiary/aromatic N) is 5. The average Bonchev–Trinajstić information content (AvgIpc) is 3.88. The highest BCUT2D eigenvalue weighted by molar-refractivity contribution is 6.11. The van der Waals surface area contributed by atoms with Crippen molar-refractivity contribution in [2.75, 3.05) is 0 Å². The zero-order chi connectivity index (χ0) is 34.1. The van der Waals surface area contributed by atoms with Crippen LogP contribution in [-0.2, 0) is 0 Å².